The number of carbonyl (C=O) groups is 1. The largest absolute Gasteiger partial charge is 0.356 e. The quantitative estimate of drug-likeness (QED) is 0.625. The number of nitrogens with zero attached hydrogens (tertiary/aromatic N) is 2. The minimum Gasteiger partial charge on any atom is -0.356 e. The molecule has 1 fully saturated rings. The molecule has 8 heteroatoms. The summed E-state index contributed by atoms with van der Waals surface area (Å²) in [7, 11) is -3.56. The maximum absolute atomic E-state index is 13.0. The van der Waals surface area contributed by atoms with E-state index in [1.807, 2.05) is 6.07 Å². The first-order chi connectivity index (χ1) is 13.9. The van der Waals surface area contributed by atoms with E-state index in [9.17, 15) is 13.2 Å². The molecule has 0 atom stereocenters. The normalized spacial score (nSPS) is 18.5. The summed E-state index contributed by atoms with van der Waals surface area (Å²) in [5.41, 5.74) is 2.82. The zero-order chi connectivity index (χ0) is 20.6. The van der Waals surface area contributed by atoms with E-state index in [2.05, 4.69) is 33.0 Å². The second-order valence-electron chi connectivity index (χ2n) is 7.44. The summed E-state index contributed by atoms with van der Waals surface area (Å²) >= 11 is 3.50. The molecule has 0 aliphatic carbocycles. The fraction of sp³-hybridized carbons (Fsp3) is 0.381. The lowest BCUT2D eigenvalue weighted by Gasteiger charge is -2.41. The van der Waals surface area contributed by atoms with Crippen LogP contribution in [-0.2, 0) is 21.4 Å². The molecule has 6 nitrogen and oxygen atoms in total. The molecule has 4 rings (SSSR count). The van der Waals surface area contributed by atoms with Gasteiger partial charge in [0.2, 0.25) is 10.0 Å². The summed E-state index contributed by atoms with van der Waals surface area (Å²) in [4.78, 5) is 13.9. The molecule has 2 aromatic rings. The van der Waals surface area contributed by atoms with Gasteiger partial charge in [0.15, 0.2) is 5.78 Å². The van der Waals surface area contributed by atoms with Crippen LogP contribution in [-0.4, -0.2) is 44.4 Å². The first-order valence-corrected chi connectivity index (χ1v) is 11.8. The number of hydrogen-bond donors (Lipinski definition) is 0. The Hall–Kier alpha value is -1.74. The van der Waals surface area contributed by atoms with Gasteiger partial charge in [-0.25, -0.2) is 8.42 Å². The Kier molecular flexibility index (Phi) is 5.79. The van der Waals surface area contributed by atoms with Crippen LogP contribution in [0.25, 0.3) is 0 Å². The van der Waals surface area contributed by atoms with Gasteiger partial charge in [-0.1, -0.05) is 28.1 Å². The lowest BCUT2D eigenvalue weighted by Crippen LogP contribution is -2.48. The summed E-state index contributed by atoms with van der Waals surface area (Å²) in [6.45, 7) is 3.51. The van der Waals surface area contributed by atoms with Crippen molar-refractivity contribution in [2.24, 2.45) is 0 Å². The number of anilines is 1. The van der Waals surface area contributed by atoms with Crippen molar-refractivity contribution >= 4 is 37.4 Å². The molecule has 0 radical (unpaired) electrons. The smallest absolute Gasteiger partial charge is 0.243 e. The predicted octanol–water partition coefficient (Wildman–Crippen LogP) is 3.80. The van der Waals surface area contributed by atoms with Gasteiger partial charge in [-0.15, -0.1) is 0 Å². The third-order valence-electron chi connectivity index (χ3n) is 5.60. The molecule has 2 aromatic carbocycles. The Morgan fingerprint density at radius 1 is 1.10 bits per heavy atom. The Morgan fingerprint density at radius 3 is 2.45 bits per heavy atom. The van der Waals surface area contributed by atoms with Crippen molar-refractivity contribution in [3.63, 3.8) is 0 Å². The van der Waals surface area contributed by atoms with Gasteiger partial charge in [0.05, 0.1) is 11.5 Å². The number of hydrogen-bond acceptors (Lipinski definition) is 5. The minimum atomic E-state index is -3.56. The van der Waals surface area contributed by atoms with Gasteiger partial charge in [0, 0.05) is 40.4 Å². The van der Waals surface area contributed by atoms with E-state index in [-0.39, 0.29) is 16.7 Å². The number of benzene rings is 2. The van der Waals surface area contributed by atoms with Crippen LogP contribution in [0.4, 0.5) is 5.69 Å². The maximum atomic E-state index is 13.0. The average molecular weight is 479 g/mol. The summed E-state index contributed by atoms with van der Waals surface area (Å²) in [6, 6.07) is 12.6. The van der Waals surface area contributed by atoms with Gasteiger partial charge >= 0.3 is 0 Å². The van der Waals surface area contributed by atoms with Crippen LogP contribution in [0.1, 0.15) is 35.7 Å². The predicted molar refractivity (Wildman–Crippen MR) is 115 cm³/mol. The van der Waals surface area contributed by atoms with Gasteiger partial charge in [0.25, 0.3) is 0 Å². The fourth-order valence-corrected chi connectivity index (χ4v) is 5.86. The van der Waals surface area contributed by atoms with Crippen LogP contribution >= 0.6 is 15.9 Å². The number of piperidine rings is 1. The number of sulfonamides is 1. The lowest BCUT2D eigenvalue weighted by atomic mass is 10.0. The van der Waals surface area contributed by atoms with Gasteiger partial charge in [0.1, 0.15) is 6.73 Å². The Labute approximate surface area is 179 Å². The van der Waals surface area contributed by atoms with Crippen LogP contribution in [0, 0.1) is 0 Å². The molecule has 0 aromatic heterocycles. The number of ether oxygens (including phenoxy) is 1. The zero-order valence-corrected chi connectivity index (χ0v) is 18.6. The number of halogens is 1. The second-order valence-corrected chi connectivity index (χ2v) is 10.3. The second kappa shape index (κ2) is 8.18. The molecule has 2 aliphatic heterocycles. The standard InChI is InChI=1S/C21H23BrN2O4S/c1-15(25)16-2-5-20(6-3-16)29(26,27)23-10-8-19(9-11-23)24-14-28-13-17-12-18(22)4-7-21(17)24/h2-7,12,19H,8-11,13-14H2,1H3. The lowest BCUT2D eigenvalue weighted by molar-refractivity contribution is 0.0987. The van der Waals surface area contributed by atoms with Crippen molar-refractivity contribution in [2.75, 3.05) is 24.7 Å². The summed E-state index contributed by atoms with van der Waals surface area (Å²) in [5.74, 6) is -0.0779. The van der Waals surface area contributed by atoms with Gasteiger partial charge < -0.3 is 9.64 Å². The Balaban J connectivity index is 1.46. The van der Waals surface area contributed by atoms with Crippen molar-refractivity contribution in [1.29, 1.82) is 0 Å². The average Bonchev–Trinajstić information content (AvgIpc) is 2.73. The molecule has 0 spiro atoms. The van der Waals surface area contributed by atoms with Crippen LogP contribution in [0.3, 0.4) is 0 Å². The van der Waals surface area contributed by atoms with Crippen molar-refractivity contribution in [3.8, 4) is 0 Å². The molecular weight excluding hydrogens is 456 g/mol. The molecule has 154 valence electrons. The third-order valence-corrected chi connectivity index (χ3v) is 8.01. The molecule has 0 saturated carbocycles. The number of rotatable bonds is 4. The molecule has 29 heavy (non-hydrogen) atoms. The van der Waals surface area contributed by atoms with Crippen LogP contribution < -0.4 is 4.90 Å². The van der Waals surface area contributed by atoms with Crippen molar-refractivity contribution in [3.05, 3.63) is 58.1 Å². The Bertz CT molecular complexity index is 1020. The van der Waals surface area contributed by atoms with Crippen molar-refractivity contribution < 1.29 is 17.9 Å². The highest BCUT2D eigenvalue weighted by molar-refractivity contribution is 9.10. The van der Waals surface area contributed by atoms with E-state index in [0.717, 1.165) is 22.9 Å². The van der Waals surface area contributed by atoms with Gasteiger partial charge in [-0.3, -0.25) is 4.79 Å². The van der Waals surface area contributed by atoms with Crippen LogP contribution in [0.15, 0.2) is 51.8 Å². The highest BCUT2D eigenvalue weighted by Crippen LogP contribution is 2.33. The first kappa shape index (κ1) is 20.5. The monoisotopic (exact) mass is 478 g/mol. The van der Waals surface area contributed by atoms with E-state index < -0.39 is 10.0 Å². The van der Waals surface area contributed by atoms with E-state index in [1.54, 1.807) is 16.4 Å². The molecule has 2 heterocycles. The molecule has 0 N–H and O–H groups in total. The third kappa shape index (κ3) is 4.12. The van der Waals surface area contributed by atoms with Gasteiger partial charge in [-0.2, -0.15) is 4.31 Å². The molecule has 0 unspecified atom stereocenters. The highest BCUT2D eigenvalue weighted by atomic mass is 79.9. The van der Waals surface area contributed by atoms with E-state index in [0.29, 0.717) is 32.0 Å². The molecule has 1 saturated heterocycles. The number of Topliss-reactive ketones (excluding diaryl/α,β-unsaturated/α-hetero) is 1. The van der Waals surface area contributed by atoms with Gasteiger partial charge in [-0.05, 0) is 50.1 Å². The van der Waals surface area contributed by atoms with E-state index in [1.165, 1.54) is 24.7 Å². The number of carbonyl (C=O) groups excluding carboxylic acids is 1. The van der Waals surface area contributed by atoms with Crippen molar-refractivity contribution in [1.82, 2.24) is 4.31 Å². The molecule has 0 amide bonds. The van der Waals surface area contributed by atoms with Crippen LogP contribution in [0.2, 0.25) is 0 Å². The highest BCUT2D eigenvalue weighted by Gasteiger charge is 2.33. The maximum Gasteiger partial charge on any atom is 0.243 e. The SMILES string of the molecule is CC(=O)c1ccc(S(=O)(=O)N2CCC(N3COCc4cc(Br)ccc43)CC2)cc1. The first-order valence-electron chi connectivity index (χ1n) is 9.60. The summed E-state index contributed by atoms with van der Waals surface area (Å²) < 4.78 is 34.3. The summed E-state index contributed by atoms with van der Waals surface area (Å²) in [5, 5.41) is 0. The molecular formula is C21H23BrN2O4S. The number of fused-ring (bicyclic) bond motifs is 1. The number of ketones is 1. The van der Waals surface area contributed by atoms with Crippen molar-refractivity contribution in [2.45, 2.75) is 37.3 Å². The molecule has 2 aliphatic rings. The van der Waals surface area contributed by atoms with Crippen LogP contribution in [0.5, 0.6) is 0 Å². The topological polar surface area (TPSA) is 66.9 Å². The minimum absolute atomic E-state index is 0.0779. The van der Waals surface area contributed by atoms with E-state index in [4.69, 9.17) is 4.74 Å². The zero-order valence-electron chi connectivity index (χ0n) is 16.2. The Morgan fingerprint density at radius 2 is 1.79 bits per heavy atom. The molecule has 0 bridgehead atoms. The summed E-state index contributed by atoms with van der Waals surface area (Å²) in [6.07, 6.45) is 1.48. The van der Waals surface area contributed by atoms with E-state index >= 15 is 0 Å². The fourth-order valence-electron chi connectivity index (χ4n) is 3.98.